The highest BCUT2D eigenvalue weighted by atomic mass is 16.5. The van der Waals surface area contributed by atoms with Crippen molar-refractivity contribution in [3.8, 4) is 17.4 Å². The van der Waals surface area contributed by atoms with E-state index in [1.807, 2.05) is 0 Å². The maximum absolute atomic E-state index is 5.35. The summed E-state index contributed by atoms with van der Waals surface area (Å²) in [5.41, 5.74) is 5.89. The second-order valence-corrected chi connectivity index (χ2v) is 2.49. The van der Waals surface area contributed by atoms with Gasteiger partial charge in [-0.15, -0.1) is 5.10 Å². The Hall–Kier alpha value is -2.18. The van der Waals surface area contributed by atoms with Crippen molar-refractivity contribution in [3.05, 3.63) is 12.4 Å². The molecule has 0 saturated heterocycles. The number of hydrogen-bond acceptors (Lipinski definition) is 6. The fourth-order valence-corrected chi connectivity index (χ4v) is 0.950. The van der Waals surface area contributed by atoms with Gasteiger partial charge in [0.05, 0.1) is 19.5 Å². The molecule has 0 radical (unpaired) electrons. The molecule has 0 atom stereocenters. The first-order valence-electron chi connectivity index (χ1n) is 3.84. The Morgan fingerprint density at radius 2 is 2.21 bits per heavy atom. The SMILES string of the molecule is COc1cncc(-c2nc(N)n[nH]2)n1. The lowest BCUT2D eigenvalue weighted by atomic mass is 10.4. The summed E-state index contributed by atoms with van der Waals surface area (Å²) >= 11 is 0. The molecule has 2 aromatic rings. The molecule has 7 heteroatoms. The second kappa shape index (κ2) is 3.29. The summed E-state index contributed by atoms with van der Waals surface area (Å²) in [7, 11) is 1.52. The van der Waals surface area contributed by atoms with Gasteiger partial charge in [-0.05, 0) is 0 Å². The number of nitrogen functional groups attached to an aromatic ring is 1. The van der Waals surface area contributed by atoms with Crippen LogP contribution in [0.5, 0.6) is 5.88 Å². The maximum atomic E-state index is 5.35. The van der Waals surface area contributed by atoms with Gasteiger partial charge in [0.2, 0.25) is 11.8 Å². The first-order chi connectivity index (χ1) is 6.79. The molecule has 0 saturated carbocycles. The zero-order valence-corrected chi connectivity index (χ0v) is 7.43. The molecule has 0 spiro atoms. The number of ether oxygens (including phenoxy) is 1. The molecular weight excluding hydrogens is 184 g/mol. The number of nitrogens with one attached hydrogen (secondary N) is 1. The van der Waals surface area contributed by atoms with E-state index in [0.29, 0.717) is 17.4 Å². The van der Waals surface area contributed by atoms with Crippen molar-refractivity contribution in [3.63, 3.8) is 0 Å². The van der Waals surface area contributed by atoms with E-state index in [1.54, 1.807) is 6.20 Å². The Kier molecular flexibility index (Phi) is 1.98. The fraction of sp³-hybridized carbons (Fsp3) is 0.143. The average molecular weight is 192 g/mol. The Morgan fingerprint density at radius 1 is 1.36 bits per heavy atom. The molecule has 14 heavy (non-hydrogen) atoms. The predicted molar refractivity (Wildman–Crippen MR) is 48.4 cm³/mol. The lowest BCUT2D eigenvalue weighted by Crippen LogP contribution is -1.93. The average Bonchev–Trinajstić information content (AvgIpc) is 2.65. The normalized spacial score (nSPS) is 10.1. The molecule has 0 aliphatic carbocycles. The van der Waals surface area contributed by atoms with E-state index < -0.39 is 0 Å². The molecule has 2 aromatic heterocycles. The Bertz CT molecular complexity index is 439. The number of nitrogens with zero attached hydrogens (tertiary/aromatic N) is 4. The van der Waals surface area contributed by atoms with Gasteiger partial charge < -0.3 is 10.5 Å². The van der Waals surface area contributed by atoms with Gasteiger partial charge >= 0.3 is 0 Å². The molecule has 0 aliphatic heterocycles. The van der Waals surface area contributed by atoms with Gasteiger partial charge in [-0.2, -0.15) is 4.98 Å². The number of methoxy groups -OCH3 is 1. The largest absolute Gasteiger partial charge is 0.480 e. The highest BCUT2D eigenvalue weighted by Crippen LogP contribution is 2.13. The minimum Gasteiger partial charge on any atom is -0.480 e. The summed E-state index contributed by atoms with van der Waals surface area (Å²) in [4.78, 5) is 11.9. The summed E-state index contributed by atoms with van der Waals surface area (Å²) in [5, 5.41) is 6.31. The zero-order chi connectivity index (χ0) is 9.97. The molecule has 2 rings (SSSR count). The van der Waals surface area contributed by atoms with Crippen LogP contribution in [0.3, 0.4) is 0 Å². The van der Waals surface area contributed by atoms with Crippen LogP contribution >= 0.6 is 0 Å². The number of rotatable bonds is 2. The van der Waals surface area contributed by atoms with Crippen LogP contribution in [0.25, 0.3) is 11.5 Å². The van der Waals surface area contributed by atoms with Gasteiger partial charge in [0.25, 0.3) is 0 Å². The number of anilines is 1. The van der Waals surface area contributed by atoms with E-state index in [4.69, 9.17) is 10.5 Å². The minimum absolute atomic E-state index is 0.171. The van der Waals surface area contributed by atoms with Gasteiger partial charge in [-0.3, -0.25) is 10.1 Å². The van der Waals surface area contributed by atoms with Crippen molar-refractivity contribution in [1.82, 2.24) is 25.1 Å². The van der Waals surface area contributed by atoms with Crippen LogP contribution < -0.4 is 10.5 Å². The first-order valence-corrected chi connectivity index (χ1v) is 3.84. The molecule has 0 bridgehead atoms. The highest BCUT2D eigenvalue weighted by Gasteiger charge is 2.06. The van der Waals surface area contributed by atoms with Crippen LogP contribution in [0.1, 0.15) is 0 Å². The topological polar surface area (TPSA) is 103 Å². The van der Waals surface area contributed by atoms with Gasteiger partial charge in [0, 0.05) is 0 Å². The summed E-state index contributed by atoms with van der Waals surface area (Å²) in [6, 6.07) is 0. The van der Waals surface area contributed by atoms with Crippen LogP contribution in [-0.2, 0) is 0 Å². The van der Waals surface area contributed by atoms with Crippen molar-refractivity contribution < 1.29 is 4.74 Å². The van der Waals surface area contributed by atoms with Crippen molar-refractivity contribution in [1.29, 1.82) is 0 Å². The quantitative estimate of drug-likeness (QED) is 0.686. The Morgan fingerprint density at radius 3 is 2.86 bits per heavy atom. The van der Waals surface area contributed by atoms with Crippen LogP contribution in [0.15, 0.2) is 12.4 Å². The monoisotopic (exact) mass is 192 g/mol. The van der Waals surface area contributed by atoms with Gasteiger partial charge in [-0.25, -0.2) is 4.98 Å². The summed E-state index contributed by atoms with van der Waals surface area (Å²) in [6.07, 6.45) is 3.05. The van der Waals surface area contributed by atoms with Gasteiger partial charge in [0.1, 0.15) is 5.69 Å². The Balaban J connectivity index is 2.41. The number of nitrogens with two attached hydrogens (primary N) is 1. The fourth-order valence-electron chi connectivity index (χ4n) is 0.950. The Labute approximate surface area is 79.4 Å². The summed E-state index contributed by atoms with van der Waals surface area (Å²) in [6.45, 7) is 0. The summed E-state index contributed by atoms with van der Waals surface area (Å²) in [5.74, 6) is 1.05. The highest BCUT2D eigenvalue weighted by molar-refractivity contribution is 5.49. The second-order valence-electron chi connectivity index (χ2n) is 2.49. The predicted octanol–water partition coefficient (Wildman–Crippen LogP) is -0.148. The molecule has 2 heterocycles. The smallest absolute Gasteiger partial charge is 0.239 e. The van der Waals surface area contributed by atoms with Crippen LogP contribution in [0, 0.1) is 0 Å². The van der Waals surface area contributed by atoms with Crippen LogP contribution in [0.4, 0.5) is 5.95 Å². The van der Waals surface area contributed by atoms with Crippen molar-refractivity contribution in [2.24, 2.45) is 0 Å². The van der Waals surface area contributed by atoms with E-state index in [0.717, 1.165) is 0 Å². The van der Waals surface area contributed by atoms with Crippen molar-refractivity contribution >= 4 is 5.95 Å². The molecule has 0 unspecified atom stereocenters. The molecular formula is C7H8N6O. The maximum Gasteiger partial charge on any atom is 0.239 e. The van der Waals surface area contributed by atoms with E-state index >= 15 is 0 Å². The molecule has 3 N–H and O–H groups in total. The molecule has 0 aliphatic rings. The van der Waals surface area contributed by atoms with E-state index in [-0.39, 0.29) is 5.95 Å². The number of aromatic amines is 1. The first kappa shape index (κ1) is 8.42. The van der Waals surface area contributed by atoms with Crippen LogP contribution in [-0.4, -0.2) is 32.3 Å². The standard InChI is InChI=1S/C7H8N6O/c1-14-5-3-9-2-4(10-5)6-11-7(8)13-12-6/h2-3H,1H3,(H3,8,11,12,13). The molecule has 0 aromatic carbocycles. The number of H-pyrrole nitrogens is 1. The van der Waals surface area contributed by atoms with Gasteiger partial charge in [-0.1, -0.05) is 0 Å². The number of hydrogen-bond donors (Lipinski definition) is 2. The zero-order valence-electron chi connectivity index (χ0n) is 7.43. The van der Waals surface area contributed by atoms with Gasteiger partial charge in [0.15, 0.2) is 5.82 Å². The van der Waals surface area contributed by atoms with Crippen LogP contribution in [0.2, 0.25) is 0 Å². The lowest BCUT2D eigenvalue weighted by molar-refractivity contribution is 0.396. The van der Waals surface area contributed by atoms with Crippen molar-refractivity contribution in [2.75, 3.05) is 12.8 Å². The third-order valence-corrected chi connectivity index (χ3v) is 1.57. The molecule has 7 nitrogen and oxygen atoms in total. The summed E-state index contributed by atoms with van der Waals surface area (Å²) < 4.78 is 4.92. The van der Waals surface area contributed by atoms with E-state index in [1.165, 1.54) is 13.3 Å². The minimum atomic E-state index is 0.171. The third-order valence-electron chi connectivity index (χ3n) is 1.57. The van der Waals surface area contributed by atoms with E-state index in [9.17, 15) is 0 Å². The number of aromatic nitrogens is 5. The molecule has 72 valence electrons. The lowest BCUT2D eigenvalue weighted by Gasteiger charge is -1.98. The molecule has 0 fully saturated rings. The van der Waals surface area contributed by atoms with E-state index in [2.05, 4.69) is 25.1 Å². The molecule has 0 amide bonds. The third kappa shape index (κ3) is 1.47. The van der Waals surface area contributed by atoms with Crippen molar-refractivity contribution in [2.45, 2.75) is 0 Å².